The Labute approximate surface area is 181 Å². The largest absolute Gasteiger partial charge is 0.505 e. The van der Waals surface area contributed by atoms with Crippen molar-refractivity contribution in [1.29, 1.82) is 0 Å². The lowest BCUT2D eigenvalue weighted by Crippen LogP contribution is -2.16. The molecule has 1 aromatic heterocycles. The molecule has 0 fully saturated rings. The van der Waals surface area contributed by atoms with E-state index < -0.39 is 0 Å². The van der Waals surface area contributed by atoms with Gasteiger partial charge in [0.15, 0.2) is 5.69 Å². The van der Waals surface area contributed by atoms with Crippen LogP contribution >= 0.6 is 0 Å². The molecule has 0 aliphatic carbocycles. The molecule has 7 heteroatoms. The molecule has 0 saturated carbocycles. The summed E-state index contributed by atoms with van der Waals surface area (Å²) in [6.07, 6.45) is 5.13. The van der Waals surface area contributed by atoms with Crippen LogP contribution in [-0.4, -0.2) is 26.6 Å². The number of aliphatic hydroxyl groups excluding tert-OH is 1. The predicted molar refractivity (Wildman–Crippen MR) is 123 cm³/mol. The number of benzene rings is 2. The van der Waals surface area contributed by atoms with Crippen molar-refractivity contribution in [3.8, 4) is 5.75 Å². The lowest BCUT2D eigenvalue weighted by atomic mass is 10.0. The summed E-state index contributed by atoms with van der Waals surface area (Å²) >= 11 is 0. The summed E-state index contributed by atoms with van der Waals surface area (Å²) in [7, 11) is 0. The van der Waals surface area contributed by atoms with Gasteiger partial charge in [-0.1, -0.05) is 42.5 Å². The standard InChI is InChI=1S/C24H28N4O3/c1-16-8-6-9-17(2)20(16)13-12-19-10-7-11-21(23(19)30)25-26-22-18(3)27-28(24(22)31)14-4-5-15-29/h6-13,27,29-30H,4-5,14-15H2,1-3H3/b13-12+,26-25?. The van der Waals surface area contributed by atoms with E-state index in [2.05, 4.69) is 15.3 Å². The van der Waals surface area contributed by atoms with Gasteiger partial charge in [-0.25, -0.2) is 0 Å². The smallest absolute Gasteiger partial charge is 0.294 e. The van der Waals surface area contributed by atoms with Crippen LogP contribution < -0.4 is 5.56 Å². The van der Waals surface area contributed by atoms with Crippen LogP contribution in [0.15, 0.2) is 51.4 Å². The van der Waals surface area contributed by atoms with Gasteiger partial charge in [0.25, 0.3) is 5.56 Å². The molecule has 0 saturated heterocycles. The Morgan fingerprint density at radius 2 is 1.71 bits per heavy atom. The zero-order chi connectivity index (χ0) is 22.4. The normalized spacial score (nSPS) is 11.7. The van der Waals surface area contributed by atoms with Gasteiger partial charge < -0.3 is 10.2 Å². The Balaban J connectivity index is 1.85. The quantitative estimate of drug-likeness (QED) is 0.266. The molecule has 3 N–H and O–H groups in total. The van der Waals surface area contributed by atoms with Crippen molar-refractivity contribution in [2.45, 2.75) is 40.2 Å². The van der Waals surface area contributed by atoms with E-state index in [-0.39, 0.29) is 29.3 Å². The van der Waals surface area contributed by atoms with Gasteiger partial charge in [0.1, 0.15) is 11.4 Å². The average Bonchev–Trinajstić information content (AvgIpc) is 3.01. The van der Waals surface area contributed by atoms with Crippen molar-refractivity contribution in [3.05, 3.63) is 74.7 Å². The second-order valence-electron chi connectivity index (χ2n) is 7.53. The molecule has 0 radical (unpaired) electrons. The van der Waals surface area contributed by atoms with Crippen molar-refractivity contribution >= 4 is 23.5 Å². The molecular formula is C24H28N4O3. The number of aromatic nitrogens is 2. The second kappa shape index (κ2) is 10.0. The predicted octanol–water partition coefficient (Wildman–Crippen LogP) is 5.17. The van der Waals surface area contributed by atoms with Crippen molar-refractivity contribution in [3.63, 3.8) is 0 Å². The van der Waals surface area contributed by atoms with Gasteiger partial charge in [0, 0.05) is 18.7 Å². The fourth-order valence-electron chi connectivity index (χ4n) is 3.38. The number of hydrogen-bond donors (Lipinski definition) is 3. The van der Waals surface area contributed by atoms with Crippen LogP contribution in [0.2, 0.25) is 0 Å². The number of hydrogen-bond acceptors (Lipinski definition) is 5. The Morgan fingerprint density at radius 1 is 1.00 bits per heavy atom. The molecule has 0 spiro atoms. The molecule has 0 aliphatic rings. The molecule has 2 aromatic carbocycles. The summed E-state index contributed by atoms with van der Waals surface area (Å²) in [6.45, 7) is 6.41. The Morgan fingerprint density at radius 3 is 2.42 bits per heavy atom. The monoisotopic (exact) mass is 420 g/mol. The number of azo groups is 1. The topological polar surface area (TPSA) is 103 Å². The minimum absolute atomic E-state index is 0.00481. The highest BCUT2D eigenvalue weighted by Crippen LogP contribution is 2.33. The van der Waals surface area contributed by atoms with Gasteiger partial charge in [0.05, 0.1) is 5.69 Å². The summed E-state index contributed by atoms with van der Waals surface area (Å²) in [6, 6.07) is 11.4. The highest BCUT2D eigenvalue weighted by Gasteiger charge is 2.11. The van der Waals surface area contributed by atoms with Gasteiger partial charge in [0.2, 0.25) is 0 Å². The van der Waals surface area contributed by atoms with Crippen LogP contribution in [0.1, 0.15) is 40.8 Å². The lowest BCUT2D eigenvalue weighted by Gasteiger charge is -2.05. The van der Waals surface area contributed by atoms with E-state index in [1.165, 1.54) is 4.68 Å². The Kier molecular flexibility index (Phi) is 7.20. The van der Waals surface area contributed by atoms with Crippen molar-refractivity contribution in [1.82, 2.24) is 9.78 Å². The van der Waals surface area contributed by atoms with Gasteiger partial charge >= 0.3 is 0 Å². The number of phenols is 1. The molecular weight excluding hydrogens is 392 g/mol. The van der Waals surface area contributed by atoms with Crippen molar-refractivity contribution in [2.24, 2.45) is 10.2 Å². The van der Waals surface area contributed by atoms with E-state index in [0.29, 0.717) is 30.6 Å². The highest BCUT2D eigenvalue weighted by atomic mass is 16.3. The average molecular weight is 421 g/mol. The number of rotatable bonds is 8. The maximum atomic E-state index is 12.5. The molecule has 162 valence electrons. The summed E-state index contributed by atoms with van der Waals surface area (Å²) < 4.78 is 1.46. The maximum absolute atomic E-state index is 12.5. The SMILES string of the molecule is Cc1cccc(C)c1/C=C/c1cccc(N=Nc2c(C)[nH]n(CCCCO)c2=O)c1O. The molecule has 3 aromatic rings. The fourth-order valence-corrected chi connectivity index (χ4v) is 3.38. The van der Waals surface area contributed by atoms with Crippen molar-refractivity contribution < 1.29 is 10.2 Å². The summed E-state index contributed by atoms with van der Waals surface area (Å²) in [5, 5.41) is 30.8. The molecule has 7 nitrogen and oxygen atoms in total. The van der Waals surface area contributed by atoms with Crippen LogP contribution in [0.4, 0.5) is 11.4 Å². The van der Waals surface area contributed by atoms with Crippen LogP contribution in [0, 0.1) is 20.8 Å². The first-order chi connectivity index (χ1) is 14.9. The number of para-hydroxylation sites is 1. The summed E-state index contributed by atoms with van der Waals surface area (Å²) in [4.78, 5) is 12.5. The molecule has 0 atom stereocenters. The van der Waals surface area contributed by atoms with Crippen LogP contribution in [0.5, 0.6) is 5.75 Å². The molecule has 0 aliphatic heterocycles. The van der Waals surface area contributed by atoms with E-state index in [1.807, 2.05) is 44.2 Å². The third kappa shape index (κ3) is 5.19. The van der Waals surface area contributed by atoms with Gasteiger partial charge in [-0.15, -0.1) is 10.2 Å². The lowest BCUT2D eigenvalue weighted by molar-refractivity contribution is 0.280. The van der Waals surface area contributed by atoms with Gasteiger partial charge in [-0.2, -0.15) is 0 Å². The minimum atomic E-state index is -0.273. The molecule has 0 amide bonds. The number of aromatic amines is 1. The number of aryl methyl sites for hydroxylation is 4. The molecule has 0 unspecified atom stereocenters. The number of aliphatic hydroxyl groups is 1. The van der Waals surface area contributed by atoms with E-state index >= 15 is 0 Å². The van der Waals surface area contributed by atoms with Crippen LogP contribution in [0.3, 0.4) is 0 Å². The number of nitrogens with one attached hydrogen (secondary N) is 1. The fraction of sp³-hybridized carbons (Fsp3) is 0.292. The number of phenolic OH excluding ortho intramolecular Hbond substituents is 1. The Hall–Kier alpha value is -3.45. The minimum Gasteiger partial charge on any atom is -0.505 e. The Bertz CT molecular complexity index is 1150. The maximum Gasteiger partial charge on any atom is 0.294 e. The number of unbranched alkanes of at least 4 members (excludes halogenated alkanes) is 1. The molecule has 1 heterocycles. The molecule has 3 rings (SSSR count). The second-order valence-corrected chi connectivity index (χ2v) is 7.53. The van der Waals surface area contributed by atoms with Crippen molar-refractivity contribution in [2.75, 3.05) is 6.61 Å². The summed E-state index contributed by atoms with van der Waals surface area (Å²) in [5.74, 6) is 0.00481. The number of aromatic hydroxyl groups is 1. The first-order valence-corrected chi connectivity index (χ1v) is 10.3. The van der Waals surface area contributed by atoms with Gasteiger partial charge in [-0.05, 0) is 56.4 Å². The van der Waals surface area contributed by atoms with E-state index in [9.17, 15) is 9.90 Å². The zero-order valence-corrected chi connectivity index (χ0v) is 18.1. The number of H-pyrrole nitrogens is 1. The van der Waals surface area contributed by atoms with E-state index in [0.717, 1.165) is 16.7 Å². The molecule has 31 heavy (non-hydrogen) atoms. The van der Waals surface area contributed by atoms with Crippen LogP contribution in [-0.2, 0) is 6.54 Å². The molecule has 0 bridgehead atoms. The first kappa shape index (κ1) is 22.2. The van der Waals surface area contributed by atoms with Crippen LogP contribution in [0.25, 0.3) is 12.2 Å². The third-order valence-electron chi connectivity index (χ3n) is 5.17. The van der Waals surface area contributed by atoms with E-state index in [1.54, 1.807) is 25.1 Å². The third-order valence-corrected chi connectivity index (χ3v) is 5.17. The highest BCUT2D eigenvalue weighted by molar-refractivity contribution is 5.77. The van der Waals surface area contributed by atoms with Gasteiger partial charge in [-0.3, -0.25) is 14.6 Å². The zero-order valence-electron chi connectivity index (χ0n) is 18.1. The summed E-state index contributed by atoms with van der Waals surface area (Å²) in [5.41, 5.74) is 4.86. The van der Waals surface area contributed by atoms with E-state index in [4.69, 9.17) is 5.11 Å². The number of nitrogens with zero attached hydrogens (tertiary/aromatic N) is 3. The first-order valence-electron chi connectivity index (χ1n) is 10.3.